The van der Waals surface area contributed by atoms with Gasteiger partial charge >= 0.3 is 5.97 Å². The van der Waals surface area contributed by atoms with Crippen molar-refractivity contribution in [1.29, 1.82) is 0 Å². The Morgan fingerprint density at radius 3 is 2.44 bits per heavy atom. The van der Waals surface area contributed by atoms with Crippen molar-refractivity contribution in [3.63, 3.8) is 0 Å². The van der Waals surface area contributed by atoms with Crippen LogP contribution in [0.2, 0.25) is 0 Å². The van der Waals surface area contributed by atoms with Gasteiger partial charge in [0.25, 0.3) is 0 Å². The highest BCUT2D eigenvalue weighted by Gasteiger charge is 2.18. The van der Waals surface area contributed by atoms with E-state index in [4.69, 9.17) is 14.2 Å². The number of hydrogen-bond donors (Lipinski definition) is 0. The summed E-state index contributed by atoms with van der Waals surface area (Å²) in [5, 5.41) is 0. The van der Waals surface area contributed by atoms with Crippen LogP contribution in [0.3, 0.4) is 0 Å². The summed E-state index contributed by atoms with van der Waals surface area (Å²) in [6, 6.07) is 13.8. The van der Waals surface area contributed by atoms with Crippen LogP contribution in [0, 0.1) is 0 Å². The summed E-state index contributed by atoms with van der Waals surface area (Å²) in [6.07, 6.45) is 1.07. The summed E-state index contributed by atoms with van der Waals surface area (Å²) in [4.78, 5) is 29.3. The molecule has 32 heavy (non-hydrogen) atoms. The normalized spacial score (nSPS) is 11.5. The van der Waals surface area contributed by atoms with Crippen LogP contribution in [-0.4, -0.2) is 43.5 Å². The number of ether oxygens (including phenoxy) is 3. The van der Waals surface area contributed by atoms with Crippen LogP contribution in [0.15, 0.2) is 47.5 Å². The largest absolute Gasteiger partial charge is 0.495 e. The Kier molecular flexibility index (Phi) is 8.75. The Bertz CT molecular complexity index is 1140. The number of esters is 1. The smallest absolute Gasteiger partial charge is 0.325 e. The van der Waals surface area contributed by atoms with Crippen molar-refractivity contribution in [3.05, 3.63) is 52.8 Å². The van der Waals surface area contributed by atoms with Gasteiger partial charge in [0.05, 0.1) is 21.3 Å². The van der Waals surface area contributed by atoms with Gasteiger partial charge in [-0.1, -0.05) is 41.7 Å². The van der Waals surface area contributed by atoms with Gasteiger partial charge in [0.1, 0.15) is 28.3 Å². The fraction of sp³-hybridized carbons (Fsp3) is 0.348. The first kappa shape index (κ1) is 23.9. The number of fused-ring (bicyclic) bond motifs is 1. The highest BCUT2D eigenvalue weighted by molar-refractivity contribution is 7.98. The molecule has 0 bridgehead atoms. The fourth-order valence-corrected chi connectivity index (χ4v) is 5.21. The van der Waals surface area contributed by atoms with Gasteiger partial charge in [-0.2, -0.15) is 16.8 Å². The summed E-state index contributed by atoms with van der Waals surface area (Å²) in [5.41, 5.74) is 1.91. The van der Waals surface area contributed by atoms with E-state index in [-0.39, 0.29) is 12.5 Å². The van der Waals surface area contributed by atoms with Gasteiger partial charge in [-0.3, -0.25) is 9.59 Å². The molecule has 3 rings (SSSR count). The van der Waals surface area contributed by atoms with Crippen molar-refractivity contribution in [3.8, 4) is 11.5 Å². The molecule has 0 spiro atoms. The van der Waals surface area contributed by atoms with Crippen LogP contribution < -0.4 is 14.3 Å². The lowest BCUT2D eigenvalue weighted by Gasteiger charge is -2.09. The molecule has 0 unspecified atom stereocenters. The van der Waals surface area contributed by atoms with Crippen molar-refractivity contribution in [2.24, 2.45) is 4.99 Å². The minimum atomic E-state index is -0.444. The Labute approximate surface area is 195 Å². The van der Waals surface area contributed by atoms with Crippen LogP contribution in [0.1, 0.15) is 18.4 Å². The molecule has 1 heterocycles. The monoisotopic (exact) mass is 474 g/mol. The number of benzene rings is 2. The standard InChI is InChI=1S/C23H26N2O5S2/c1-28-17-11-12-18(29-2)22-21(17)25(14-20(27)30-3)23(32-22)24-19(26)10-7-13-31-15-16-8-5-4-6-9-16/h4-6,8-9,11-12H,7,10,13-15H2,1-3H3. The second kappa shape index (κ2) is 11.7. The molecule has 1 amide bonds. The third kappa shape index (κ3) is 5.92. The van der Waals surface area contributed by atoms with Crippen molar-refractivity contribution in [2.45, 2.75) is 25.1 Å². The van der Waals surface area contributed by atoms with Crippen LogP contribution in [0.5, 0.6) is 11.5 Å². The molecule has 0 aliphatic rings. The van der Waals surface area contributed by atoms with Gasteiger partial charge in [0.2, 0.25) is 5.91 Å². The minimum Gasteiger partial charge on any atom is -0.495 e. The Morgan fingerprint density at radius 2 is 1.75 bits per heavy atom. The fourth-order valence-electron chi connectivity index (χ4n) is 3.13. The van der Waals surface area contributed by atoms with Crippen LogP contribution in [-0.2, 0) is 26.6 Å². The van der Waals surface area contributed by atoms with E-state index >= 15 is 0 Å². The van der Waals surface area contributed by atoms with E-state index in [1.54, 1.807) is 42.7 Å². The molecule has 0 aliphatic heterocycles. The number of rotatable bonds is 10. The molecular weight excluding hydrogens is 448 g/mol. The maximum atomic E-state index is 12.6. The van der Waals surface area contributed by atoms with Gasteiger partial charge in [-0.05, 0) is 29.9 Å². The first-order valence-electron chi connectivity index (χ1n) is 10.1. The van der Waals surface area contributed by atoms with Crippen LogP contribution in [0.25, 0.3) is 10.2 Å². The van der Waals surface area contributed by atoms with Gasteiger partial charge in [0, 0.05) is 12.2 Å². The number of aromatic nitrogens is 1. The van der Waals surface area contributed by atoms with E-state index in [2.05, 4.69) is 17.1 Å². The first-order chi connectivity index (χ1) is 15.6. The maximum absolute atomic E-state index is 12.6. The summed E-state index contributed by atoms with van der Waals surface area (Å²) in [6.45, 7) is -0.0843. The van der Waals surface area contributed by atoms with E-state index in [9.17, 15) is 9.59 Å². The van der Waals surface area contributed by atoms with Gasteiger partial charge in [-0.25, -0.2) is 0 Å². The lowest BCUT2D eigenvalue weighted by molar-refractivity contribution is -0.141. The lowest BCUT2D eigenvalue weighted by atomic mass is 10.2. The number of hydrogen-bond acceptors (Lipinski definition) is 7. The second-order valence-corrected chi connectivity index (χ2v) is 8.92. The number of thiazole rings is 1. The topological polar surface area (TPSA) is 79.1 Å². The van der Waals surface area contributed by atoms with Gasteiger partial charge in [0.15, 0.2) is 4.80 Å². The third-order valence-corrected chi connectivity index (χ3v) is 6.93. The van der Waals surface area contributed by atoms with Gasteiger partial charge < -0.3 is 18.8 Å². The van der Waals surface area contributed by atoms with E-state index in [1.807, 2.05) is 18.2 Å². The van der Waals surface area contributed by atoms with Crippen molar-refractivity contribution in [1.82, 2.24) is 4.57 Å². The zero-order valence-corrected chi connectivity index (χ0v) is 20.0. The second-order valence-electron chi connectivity index (χ2n) is 6.84. The summed E-state index contributed by atoms with van der Waals surface area (Å²) < 4.78 is 18.2. The van der Waals surface area contributed by atoms with Crippen molar-refractivity contribution in [2.75, 3.05) is 27.1 Å². The number of methoxy groups -OCH3 is 3. The van der Waals surface area contributed by atoms with E-state index in [0.29, 0.717) is 28.2 Å². The molecule has 0 radical (unpaired) electrons. The molecular formula is C23H26N2O5S2. The molecule has 3 aromatic rings. The number of nitrogens with zero attached hydrogens (tertiary/aromatic N) is 2. The molecule has 0 saturated carbocycles. The predicted molar refractivity (Wildman–Crippen MR) is 127 cm³/mol. The van der Waals surface area contributed by atoms with Crippen molar-refractivity contribution < 1.29 is 23.8 Å². The number of amides is 1. The highest BCUT2D eigenvalue weighted by Crippen LogP contribution is 2.35. The Hall–Kier alpha value is -2.78. The van der Waals surface area contributed by atoms with Crippen LogP contribution in [0.4, 0.5) is 0 Å². The molecule has 170 valence electrons. The average Bonchev–Trinajstić information content (AvgIpc) is 3.16. The third-order valence-electron chi connectivity index (χ3n) is 4.72. The summed E-state index contributed by atoms with van der Waals surface area (Å²) in [7, 11) is 4.45. The molecule has 7 nitrogen and oxygen atoms in total. The molecule has 9 heteroatoms. The first-order valence-corrected chi connectivity index (χ1v) is 12.0. The van der Waals surface area contributed by atoms with Crippen LogP contribution >= 0.6 is 23.1 Å². The molecule has 0 fully saturated rings. The molecule has 2 aromatic carbocycles. The molecule has 0 N–H and O–H groups in total. The van der Waals surface area contributed by atoms with Gasteiger partial charge in [-0.15, -0.1) is 0 Å². The predicted octanol–water partition coefficient (Wildman–Crippen LogP) is 4.03. The van der Waals surface area contributed by atoms with E-state index < -0.39 is 5.97 Å². The van der Waals surface area contributed by atoms with Crippen molar-refractivity contribution >= 4 is 45.2 Å². The number of carbonyl (C=O) groups is 2. The van der Waals surface area contributed by atoms with E-state index in [1.165, 1.54) is 24.0 Å². The summed E-state index contributed by atoms with van der Waals surface area (Å²) in [5.74, 6) is 2.30. The molecule has 1 aromatic heterocycles. The highest BCUT2D eigenvalue weighted by atomic mass is 32.2. The minimum absolute atomic E-state index is 0.0843. The SMILES string of the molecule is COC(=O)Cn1c(=NC(=O)CCCSCc2ccccc2)sc2c(OC)ccc(OC)c21. The molecule has 0 aliphatic carbocycles. The zero-order chi connectivity index (χ0) is 22.9. The average molecular weight is 475 g/mol. The van der Waals surface area contributed by atoms with E-state index in [0.717, 1.165) is 22.6 Å². The zero-order valence-electron chi connectivity index (χ0n) is 18.3. The summed E-state index contributed by atoms with van der Waals surface area (Å²) >= 11 is 3.08. The quantitative estimate of drug-likeness (QED) is 0.326. The lowest BCUT2D eigenvalue weighted by Crippen LogP contribution is -2.22. The Morgan fingerprint density at radius 1 is 1.03 bits per heavy atom. The molecule has 0 atom stereocenters. The number of thioether (sulfide) groups is 1. The number of carbonyl (C=O) groups excluding carboxylic acids is 2. The maximum Gasteiger partial charge on any atom is 0.325 e. The Balaban J connectivity index is 1.78. The molecule has 0 saturated heterocycles.